The van der Waals surface area contributed by atoms with Crippen LogP contribution in [-0.4, -0.2) is 47.7 Å². The minimum Gasteiger partial charge on any atom is -0.465 e. The Kier molecular flexibility index (Phi) is 7.57. The Morgan fingerprint density at radius 2 is 1.69 bits per heavy atom. The zero-order valence-electron chi connectivity index (χ0n) is 17.7. The average Bonchev–Trinajstić information content (AvgIpc) is 2.66. The number of hydrogen-bond donors (Lipinski definition) is 2. The molecule has 0 spiro atoms. The molecule has 0 radical (unpaired) electrons. The summed E-state index contributed by atoms with van der Waals surface area (Å²) in [6.45, 7) is 7.23. The van der Waals surface area contributed by atoms with E-state index in [1.807, 2.05) is 6.92 Å². The van der Waals surface area contributed by atoms with Gasteiger partial charge in [-0.1, -0.05) is 12.1 Å². The predicted molar refractivity (Wildman–Crippen MR) is 113 cm³/mol. The number of hydrogen-bond acceptors (Lipinski definition) is 6. The summed E-state index contributed by atoms with van der Waals surface area (Å²) in [6, 6.07) is 6.59. The summed E-state index contributed by atoms with van der Waals surface area (Å²) in [4.78, 5) is 37.1. The van der Waals surface area contributed by atoms with Crippen LogP contribution in [0, 0.1) is 0 Å². The molecule has 0 aromatic heterocycles. The standard InChI is InChI=1S/C21H30N2O5S/c1-14(15-6-8-16(9-7-15)17(24)27-5)22-18(25)21(10-12-29-13-11-21)23-19(26)28-20(2,3)4/h6-9,14H,10-13H2,1-5H3,(H,22,25)(H,23,26)/t14-/m0/s1. The number of methoxy groups -OCH3 is 1. The van der Waals surface area contributed by atoms with Gasteiger partial charge in [-0.2, -0.15) is 11.8 Å². The van der Waals surface area contributed by atoms with Crippen molar-refractivity contribution < 1.29 is 23.9 Å². The molecule has 0 bridgehead atoms. The monoisotopic (exact) mass is 422 g/mol. The number of ether oxygens (including phenoxy) is 2. The molecule has 1 aliphatic heterocycles. The lowest BCUT2D eigenvalue weighted by Gasteiger charge is -2.37. The van der Waals surface area contributed by atoms with Gasteiger partial charge in [0.25, 0.3) is 0 Å². The first-order chi connectivity index (χ1) is 13.6. The molecule has 0 unspecified atom stereocenters. The fraction of sp³-hybridized carbons (Fsp3) is 0.571. The molecular formula is C21H30N2O5S. The van der Waals surface area contributed by atoms with Gasteiger partial charge in [0.05, 0.1) is 18.7 Å². The molecule has 160 valence electrons. The van der Waals surface area contributed by atoms with Crippen molar-refractivity contribution >= 4 is 29.7 Å². The van der Waals surface area contributed by atoms with E-state index in [1.54, 1.807) is 56.8 Å². The van der Waals surface area contributed by atoms with Gasteiger partial charge in [-0.25, -0.2) is 9.59 Å². The van der Waals surface area contributed by atoms with Gasteiger partial charge in [-0.3, -0.25) is 4.79 Å². The summed E-state index contributed by atoms with van der Waals surface area (Å²) in [7, 11) is 1.33. The minimum absolute atomic E-state index is 0.229. The van der Waals surface area contributed by atoms with Gasteiger partial charge < -0.3 is 20.1 Å². The van der Waals surface area contributed by atoms with E-state index in [2.05, 4.69) is 10.6 Å². The van der Waals surface area contributed by atoms with Gasteiger partial charge in [0.2, 0.25) is 5.91 Å². The lowest BCUT2D eigenvalue weighted by atomic mass is 9.90. The molecule has 1 heterocycles. The predicted octanol–water partition coefficient (Wildman–Crippen LogP) is 3.44. The third-order valence-electron chi connectivity index (χ3n) is 4.70. The van der Waals surface area contributed by atoms with E-state index in [9.17, 15) is 14.4 Å². The molecule has 1 aromatic carbocycles. The Hall–Kier alpha value is -2.22. The van der Waals surface area contributed by atoms with Crippen LogP contribution in [-0.2, 0) is 14.3 Å². The first-order valence-corrected chi connectivity index (χ1v) is 10.8. The number of rotatable bonds is 5. The van der Waals surface area contributed by atoms with E-state index in [1.165, 1.54) is 7.11 Å². The van der Waals surface area contributed by atoms with Crippen molar-refractivity contribution in [2.45, 2.75) is 57.7 Å². The highest BCUT2D eigenvalue weighted by molar-refractivity contribution is 7.99. The van der Waals surface area contributed by atoms with Crippen LogP contribution < -0.4 is 10.6 Å². The first kappa shape index (κ1) is 23.1. The van der Waals surface area contributed by atoms with E-state index >= 15 is 0 Å². The molecule has 29 heavy (non-hydrogen) atoms. The Labute approximate surface area is 176 Å². The zero-order valence-corrected chi connectivity index (χ0v) is 18.5. The molecule has 0 saturated carbocycles. The smallest absolute Gasteiger partial charge is 0.408 e. The SMILES string of the molecule is COC(=O)c1ccc([C@H](C)NC(=O)C2(NC(=O)OC(C)(C)C)CCSCC2)cc1. The van der Waals surface area contributed by atoms with Crippen LogP contribution in [0.3, 0.4) is 0 Å². The van der Waals surface area contributed by atoms with Crippen molar-refractivity contribution in [2.24, 2.45) is 0 Å². The summed E-state index contributed by atoms with van der Waals surface area (Å²) in [6.07, 6.45) is 0.489. The van der Waals surface area contributed by atoms with Gasteiger partial charge in [0, 0.05) is 0 Å². The molecule has 2 amide bonds. The number of alkyl carbamates (subject to hydrolysis) is 1. The molecule has 1 atom stereocenters. The van der Waals surface area contributed by atoms with Gasteiger partial charge >= 0.3 is 12.1 Å². The lowest BCUT2D eigenvalue weighted by Crippen LogP contribution is -2.61. The molecule has 1 fully saturated rings. The third kappa shape index (κ3) is 6.39. The second-order valence-electron chi connectivity index (χ2n) is 8.13. The largest absolute Gasteiger partial charge is 0.465 e. The fourth-order valence-electron chi connectivity index (χ4n) is 3.07. The lowest BCUT2D eigenvalue weighted by molar-refractivity contribution is -0.128. The maximum atomic E-state index is 13.2. The number of carbonyl (C=O) groups is 3. The van der Waals surface area contributed by atoms with E-state index in [4.69, 9.17) is 9.47 Å². The minimum atomic E-state index is -0.992. The molecule has 1 saturated heterocycles. The van der Waals surface area contributed by atoms with Crippen molar-refractivity contribution in [3.63, 3.8) is 0 Å². The molecule has 0 aliphatic carbocycles. The second kappa shape index (κ2) is 9.52. The van der Waals surface area contributed by atoms with Crippen molar-refractivity contribution in [1.82, 2.24) is 10.6 Å². The fourth-order valence-corrected chi connectivity index (χ4v) is 4.26. The number of esters is 1. The maximum Gasteiger partial charge on any atom is 0.408 e. The van der Waals surface area contributed by atoms with Crippen LogP contribution in [0.5, 0.6) is 0 Å². The Morgan fingerprint density at radius 1 is 1.10 bits per heavy atom. The molecule has 2 N–H and O–H groups in total. The molecule has 8 heteroatoms. The summed E-state index contributed by atoms with van der Waals surface area (Å²) < 4.78 is 10.1. The van der Waals surface area contributed by atoms with Crippen LogP contribution in [0.15, 0.2) is 24.3 Å². The van der Waals surface area contributed by atoms with Crippen LogP contribution in [0.2, 0.25) is 0 Å². The Balaban J connectivity index is 2.10. The van der Waals surface area contributed by atoms with Gasteiger partial charge in [0.1, 0.15) is 11.1 Å². The Bertz CT molecular complexity index is 736. The average molecular weight is 423 g/mol. The number of nitrogens with one attached hydrogen (secondary N) is 2. The molecule has 2 rings (SSSR count). The maximum absolute atomic E-state index is 13.2. The number of thioether (sulfide) groups is 1. The van der Waals surface area contributed by atoms with Crippen molar-refractivity contribution in [3.8, 4) is 0 Å². The van der Waals surface area contributed by atoms with E-state index in [0.717, 1.165) is 17.1 Å². The molecule has 7 nitrogen and oxygen atoms in total. The topological polar surface area (TPSA) is 93.7 Å². The first-order valence-electron chi connectivity index (χ1n) is 9.64. The molecular weight excluding hydrogens is 392 g/mol. The van der Waals surface area contributed by atoms with Crippen LogP contribution in [0.1, 0.15) is 62.5 Å². The summed E-state index contributed by atoms with van der Waals surface area (Å²) in [5.74, 6) is 0.929. The molecule has 1 aliphatic rings. The Morgan fingerprint density at radius 3 is 2.21 bits per heavy atom. The number of carbonyl (C=O) groups excluding carboxylic acids is 3. The second-order valence-corrected chi connectivity index (χ2v) is 9.35. The summed E-state index contributed by atoms with van der Waals surface area (Å²) in [5.41, 5.74) is -0.334. The van der Waals surface area contributed by atoms with Gasteiger partial charge in [-0.15, -0.1) is 0 Å². The van der Waals surface area contributed by atoms with Crippen LogP contribution in [0.25, 0.3) is 0 Å². The highest BCUT2D eigenvalue weighted by atomic mass is 32.2. The van der Waals surface area contributed by atoms with Gasteiger partial charge in [0.15, 0.2) is 0 Å². The van der Waals surface area contributed by atoms with E-state index < -0.39 is 23.2 Å². The van der Waals surface area contributed by atoms with E-state index in [0.29, 0.717) is 18.4 Å². The number of amides is 2. The third-order valence-corrected chi connectivity index (χ3v) is 5.69. The highest BCUT2D eigenvalue weighted by Crippen LogP contribution is 2.29. The van der Waals surface area contributed by atoms with Crippen molar-refractivity contribution in [1.29, 1.82) is 0 Å². The number of benzene rings is 1. The van der Waals surface area contributed by atoms with Crippen LogP contribution >= 0.6 is 11.8 Å². The quantitative estimate of drug-likeness (QED) is 0.706. The van der Waals surface area contributed by atoms with Crippen LogP contribution in [0.4, 0.5) is 4.79 Å². The van der Waals surface area contributed by atoms with Crippen molar-refractivity contribution in [3.05, 3.63) is 35.4 Å². The van der Waals surface area contributed by atoms with Gasteiger partial charge in [-0.05, 0) is 69.7 Å². The summed E-state index contributed by atoms with van der Waals surface area (Å²) >= 11 is 1.76. The van der Waals surface area contributed by atoms with Crippen molar-refractivity contribution in [2.75, 3.05) is 18.6 Å². The molecule has 1 aromatic rings. The van der Waals surface area contributed by atoms with E-state index in [-0.39, 0.29) is 11.9 Å². The normalized spacial score (nSPS) is 17.0. The zero-order chi connectivity index (χ0) is 21.7. The highest BCUT2D eigenvalue weighted by Gasteiger charge is 2.42. The summed E-state index contributed by atoms with van der Waals surface area (Å²) in [5, 5.41) is 5.83.